The fourth-order valence-electron chi connectivity index (χ4n) is 11.3. The lowest BCUT2D eigenvalue weighted by atomic mass is 10.0. The van der Waals surface area contributed by atoms with Gasteiger partial charge in [0, 0.05) is 54.7 Å². The minimum Gasteiger partial charge on any atom is -0.452 e. The molecule has 0 fully saturated rings. The molecule has 0 spiro atoms. The molecular formula is C69H43N5O. The number of hydrogen-bond acceptors (Lipinski definition) is 4. The van der Waals surface area contributed by atoms with Crippen molar-refractivity contribution in [3.8, 4) is 78.9 Å². The number of para-hydroxylation sites is 3. The first-order chi connectivity index (χ1) is 37.2. The van der Waals surface area contributed by atoms with E-state index in [4.69, 9.17) is 19.4 Å². The van der Waals surface area contributed by atoms with E-state index in [1.807, 2.05) is 12.1 Å². The number of rotatable bonds is 8. The average molecular weight is 958 g/mol. The van der Waals surface area contributed by atoms with E-state index in [2.05, 4.69) is 258 Å². The predicted molar refractivity (Wildman–Crippen MR) is 308 cm³/mol. The van der Waals surface area contributed by atoms with Gasteiger partial charge in [0.15, 0.2) is 28.6 Å². The molecule has 0 amide bonds. The van der Waals surface area contributed by atoms with Crippen LogP contribution in [0.4, 0.5) is 0 Å². The van der Waals surface area contributed by atoms with Crippen molar-refractivity contribution in [2.75, 3.05) is 0 Å². The summed E-state index contributed by atoms with van der Waals surface area (Å²) in [7, 11) is 0. The zero-order chi connectivity index (χ0) is 49.4. The monoisotopic (exact) mass is 957 g/mol. The third kappa shape index (κ3) is 6.99. The Balaban J connectivity index is 0.966. The summed E-state index contributed by atoms with van der Waals surface area (Å²) >= 11 is 0. The molecular weight excluding hydrogens is 915 g/mol. The molecule has 350 valence electrons. The van der Waals surface area contributed by atoms with Crippen LogP contribution in [0, 0.1) is 0 Å². The Labute approximate surface area is 431 Å². The molecule has 0 radical (unpaired) electrons. The summed E-state index contributed by atoms with van der Waals surface area (Å²) in [5.74, 6) is 1.74. The van der Waals surface area contributed by atoms with Gasteiger partial charge >= 0.3 is 0 Å². The maximum Gasteiger partial charge on any atom is 0.166 e. The van der Waals surface area contributed by atoms with Gasteiger partial charge in [-0.2, -0.15) is 0 Å². The lowest BCUT2D eigenvalue weighted by Crippen LogP contribution is -2.03. The van der Waals surface area contributed by atoms with Gasteiger partial charge in [-0.05, 0) is 88.0 Å². The van der Waals surface area contributed by atoms with Gasteiger partial charge < -0.3 is 13.6 Å². The first kappa shape index (κ1) is 42.5. The summed E-state index contributed by atoms with van der Waals surface area (Å²) in [6.07, 6.45) is 0. The van der Waals surface area contributed by atoms with Crippen molar-refractivity contribution in [3.63, 3.8) is 0 Å². The Kier molecular flexibility index (Phi) is 9.78. The maximum atomic E-state index is 7.48. The van der Waals surface area contributed by atoms with Crippen LogP contribution in [0.5, 0.6) is 0 Å². The van der Waals surface area contributed by atoms with Crippen LogP contribution in [0.3, 0.4) is 0 Å². The van der Waals surface area contributed by atoms with Crippen LogP contribution in [0.1, 0.15) is 0 Å². The molecule has 0 bridgehead atoms. The van der Waals surface area contributed by atoms with Crippen LogP contribution < -0.4 is 0 Å². The lowest BCUT2D eigenvalue weighted by molar-refractivity contribution is 0.673. The standard InChI is InChI=1S/C69H43N5O/c1-4-18-44(19-5-1)47-34-36-48(37-35-47)67-70-68(51-26-16-24-49(42-51)45-20-6-2-7-21-45)72-69(71-67)59-30-12-15-33-62(59)74-61-32-14-11-29-54(61)56-39-41-58-57-40-38-55-53-28-10-13-31-60(53)73(63(55)65(57)75-66(58)64(56)74)52-27-17-25-50(43-52)46-22-8-3-9-23-46/h1-43H. The van der Waals surface area contributed by atoms with Crippen molar-refractivity contribution in [2.45, 2.75) is 0 Å². The molecule has 0 saturated carbocycles. The van der Waals surface area contributed by atoms with E-state index in [1.165, 1.54) is 10.9 Å². The van der Waals surface area contributed by atoms with E-state index < -0.39 is 0 Å². The normalized spacial score (nSPS) is 11.7. The number of hydrogen-bond donors (Lipinski definition) is 0. The van der Waals surface area contributed by atoms with E-state index in [1.54, 1.807) is 0 Å². The molecule has 0 aliphatic heterocycles. The van der Waals surface area contributed by atoms with Gasteiger partial charge in [0.1, 0.15) is 0 Å². The van der Waals surface area contributed by atoms with Gasteiger partial charge in [0.25, 0.3) is 0 Å². The average Bonchev–Trinajstić information content (AvgIpc) is 4.24. The summed E-state index contributed by atoms with van der Waals surface area (Å²) in [6.45, 7) is 0. The highest BCUT2D eigenvalue weighted by Crippen LogP contribution is 2.45. The topological polar surface area (TPSA) is 61.7 Å². The van der Waals surface area contributed by atoms with Crippen molar-refractivity contribution in [1.82, 2.24) is 24.1 Å². The van der Waals surface area contributed by atoms with E-state index in [9.17, 15) is 0 Å². The molecule has 6 nitrogen and oxygen atoms in total. The van der Waals surface area contributed by atoms with Crippen LogP contribution in [0.25, 0.3) is 144 Å². The summed E-state index contributed by atoms with van der Waals surface area (Å²) in [5.41, 5.74) is 17.3. The van der Waals surface area contributed by atoms with Crippen LogP contribution in [0.15, 0.2) is 265 Å². The summed E-state index contributed by atoms with van der Waals surface area (Å²) in [5, 5.41) is 6.61. The summed E-state index contributed by atoms with van der Waals surface area (Å²) in [4.78, 5) is 16.0. The molecule has 11 aromatic carbocycles. The van der Waals surface area contributed by atoms with Gasteiger partial charge in [-0.1, -0.05) is 206 Å². The first-order valence-electron chi connectivity index (χ1n) is 25.3. The molecule has 0 saturated heterocycles. The minimum absolute atomic E-state index is 0.564. The Morgan fingerprint density at radius 2 is 0.693 bits per heavy atom. The maximum absolute atomic E-state index is 7.48. The molecule has 4 aromatic heterocycles. The number of aromatic nitrogens is 5. The molecule has 0 N–H and O–H groups in total. The van der Waals surface area contributed by atoms with E-state index in [0.29, 0.717) is 17.5 Å². The van der Waals surface area contributed by atoms with Crippen molar-refractivity contribution in [1.29, 1.82) is 0 Å². The highest BCUT2D eigenvalue weighted by Gasteiger charge is 2.25. The highest BCUT2D eigenvalue weighted by molar-refractivity contribution is 6.26. The van der Waals surface area contributed by atoms with Crippen molar-refractivity contribution in [2.24, 2.45) is 0 Å². The second-order valence-corrected chi connectivity index (χ2v) is 19.1. The largest absolute Gasteiger partial charge is 0.452 e. The predicted octanol–water partition coefficient (Wildman–Crippen LogP) is 18.0. The number of fused-ring (bicyclic) bond motifs is 11. The second kappa shape index (κ2) is 17.3. The number of nitrogens with zero attached hydrogens (tertiary/aromatic N) is 5. The Morgan fingerprint density at radius 3 is 1.33 bits per heavy atom. The molecule has 0 atom stereocenters. The van der Waals surface area contributed by atoms with Crippen molar-refractivity contribution in [3.05, 3.63) is 261 Å². The second-order valence-electron chi connectivity index (χ2n) is 19.1. The Hall–Kier alpha value is -10.2. The lowest BCUT2D eigenvalue weighted by Gasteiger charge is -2.15. The van der Waals surface area contributed by atoms with Crippen molar-refractivity contribution < 1.29 is 4.42 Å². The molecule has 4 heterocycles. The first-order valence-corrected chi connectivity index (χ1v) is 25.3. The van der Waals surface area contributed by atoms with Gasteiger partial charge in [0.2, 0.25) is 0 Å². The molecule has 0 unspecified atom stereocenters. The van der Waals surface area contributed by atoms with E-state index in [-0.39, 0.29) is 0 Å². The summed E-state index contributed by atoms with van der Waals surface area (Å²) in [6, 6.07) is 92.0. The highest BCUT2D eigenvalue weighted by atomic mass is 16.3. The molecule has 0 aliphatic carbocycles. The fraction of sp³-hybridized carbons (Fsp3) is 0. The van der Waals surface area contributed by atoms with Crippen LogP contribution >= 0.6 is 0 Å². The Morgan fingerprint density at radius 1 is 0.267 bits per heavy atom. The number of furan rings is 1. The summed E-state index contributed by atoms with van der Waals surface area (Å²) < 4.78 is 12.2. The van der Waals surface area contributed by atoms with Gasteiger partial charge in [-0.3, -0.25) is 0 Å². The van der Waals surface area contributed by atoms with Crippen LogP contribution in [-0.2, 0) is 0 Å². The molecule has 15 aromatic rings. The van der Waals surface area contributed by atoms with E-state index in [0.717, 1.165) is 116 Å². The van der Waals surface area contributed by atoms with Crippen molar-refractivity contribution >= 4 is 65.6 Å². The van der Waals surface area contributed by atoms with Crippen LogP contribution in [0.2, 0.25) is 0 Å². The van der Waals surface area contributed by atoms with Gasteiger partial charge in [-0.15, -0.1) is 0 Å². The zero-order valence-corrected chi connectivity index (χ0v) is 40.5. The fourth-order valence-corrected chi connectivity index (χ4v) is 11.3. The molecule has 75 heavy (non-hydrogen) atoms. The minimum atomic E-state index is 0.564. The van der Waals surface area contributed by atoms with E-state index >= 15 is 0 Å². The smallest absolute Gasteiger partial charge is 0.166 e. The zero-order valence-electron chi connectivity index (χ0n) is 40.5. The number of benzene rings is 11. The molecule has 0 aliphatic rings. The van der Waals surface area contributed by atoms with Crippen LogP contribution in [-0.4, -0.2) is 24.1 Å². The van der Waals surface area contributed by atoms with Gasteiger partial charge in [0.05, 0.1) is 27.8 Å². The third-order valence-electron chi connectivity index (χ3n) is 14.8. The SMILES string of the molecule is c1ccc(-c2ccc(-c3nc(-c4cccc(-c5ccccc5)c4)nc(-c4ccccc4-n4c5ccccc5c5ccc6c7ccc8c9ccccc9n(-c9cccc(-c%10ccccc%10)c9)c8c7oc6c54)n3)cc2)cc1. The quantitative estimate of drug-likeness (QED) is 0.152. The molecule has 6 heteroatoms. The Bertz CT molecular complexity index is 4690. The third-order valence-corrected chi connectivity index (χ3v) is 14.8. The molecule has 15 rings (SSSR count). The van der Waals surface area contributed by atoms with Gasteiger partial charge in [-0.25, -0.2) is 15.0 Å².